The monoisotopic (exact) mass is 345 g/mol. The van der Waals surface area contributed by atoms with E-state index in [1.165, 1.54) is 18.2 Å². The fourth-order valence-electron chi connectivity index (χ4n) is 1.80. The first kappa shape index (κ1) is 15.3. The number of halogens is 2. The van der Waals surface area contributed by atoms with Crippen molar-refractivity contribution in [3.8, 4) is 5.75 Å². The molecule has 2 N–H and O–H groups in total. The van der Waals surface area contributed by atoms with E-state index in [1.807, 2.05) is 0 Å². The maximum atomic E-state index is 13.0. The molecule has 0 heterocycles. The summed E-state index contributed by atoms with van der Waals surface area (Å²) in [6.07, 6.45) is 1.18. The largest absolute Gasteiger partial charge is 0.480 e. The number of amides is 1. The first-order chi connectivity index (χ1) is 9.46. The smallest absolute Gasteiger partial charge is 0.260 e. The Morgan fingerprint density at radius 3 is 2.85 bits per heavy atom. The van der Waals surface area contributed by atoms with Crippen LogP contribution in [0.15, 0.2) is 22.7 Å². The average Bonchev–Trinajstić information content (AvgIpc) is 3.20. The molecule has 0 radical (unpaired) electrons. The lowest BCUT2D eigenvalue weighted by Gasteiger charge is -2.18. The molecule has 1 saturated carbocycles. The van der Waals surface area contributed by atoms with Crippen molar-refractivity contribution in [2.45, 2.75) is 25.9 Å². The van der Waals surface area contributed by atoms with Gasteiger partial charge in [-0.2, -0.15) is 0 Å². The Labute approximate surface area is 125 Å². The zero-order valence-electron chi connectivity index (χ0n) is 11.2. The molecule has 1 fully saturated rings. The second kappa shape index (κ2) is 6.10. The molecule has 4 nitrogen and oxygen atoms in total. The number of aliphatic hydroxyl groups is 1. The molecule has 0 aromatic heterocycles. The number of hydrogen-bond donors (Lipinski definition) is 2. The van der Waals surface area contributed by atoms with E-state index in [2.05, 4.69) is 21.2 Å². The minimum atomic E-state index is -0.689. The van der Waals surface area contributed by atoms with E-state index in [9.17, 15) is 14.3 Å². The van der Waals surface area contributed by atoms with Gasteiger partial charge >= 0.3 is 0 Å². The third-order valence-electron chi connectivity index (χ3n) is 3.50. The molecule has 110 valence electrons. The number of nitrogens with one attached hydrogen (secondary N) is 1. The lowest BCUT2D eigenvalue weighted by Crippen LogP contribution is -2.40. The van der Waals surface area contributed by atoms with Crippen molar-refractivity contribution < 1.29 is 19.0 Å². The lowest BCUT2D eigenvalue weighted by molar-refractivity contribution is -0.127. The van der Waals surface area contributed by atoms with Crippen molar-refractivity contribution in [2.75, 3.05) is 13.2 Å². The van der Waals surface area contributed by atoms with Crippen molar-refractivity contribution in [3.63, 3.8) is 0 Å². The van der Waals surface area contributed by atoms with Gasteiger partial charge in [0.1, 0.15) is 11.6 Å². The number of carbonyl (C=O) groups is 1. The number of rotatable bonds is 6. The first-order valence-corrected chi connectivity index (χ1v) is 7.25. The predicted octanol–water partition coefficient (Wildman–Crippen LogP) is 2.24. The third-order valence-corrected chi connectivity index (χ3v) is 4.12. The van der Waals surface area contributed by atoms with Crippen LogP contribution in [0.1, 0.15) is 19.8 Å². The molecular weight excluding hydrogens is 329 g/mol. The summed E-state index contributed by atoms with van der Waals surface area (Å²) < 4.78 is 18.9. The molecule has 1 aliphatic carbocycles. The van der Waals surface area contributed by atoms with Gasteiger partial charge < -0.3 is 15.2 Å². The summed E-state index contributed by atoms with van der Waals surface area (Å²) in [6.45, 7) is 2.18. The van der Waals surface area contributed by atoms with E-state index < -0.39 is 6.10 Å². The van der Waals surface area contributed by atoms with Gasteiger partial charge in [0.05, 0.1) is 11.1 Å². The van der Waals surface area contributed by atoms with E-state index in [-0.39, 0.29) is 23.7 Å². The summed E-state index contributed by atoms with van der Waals surface area (Å²) >= 11 is 3.19. The van der Waals surface area contributed by atoms with Crippen LogP contribution < -0.4 is 10.1 Å². The summed E-state index contributed by atoms with van der Waals surface area (Å²) in [5, 5.41) is 12.0. The van der Waals surface area contributed by atoms with Gasteiger partial charge in [-0.1, -0.05) is 0 Å². The van der Waals surface area contributed by atoms with Gasteiger partial charge in [0.25, 0.3) is 5.91 Å². The second-order valence-corrected chi connectivity index (χ2v) is 6.07. The number of ether oxygens (including phenoxy) is 1. The number of benzene rings is 1. The number of hydrogen-bond acceptors (Lipinski definition) is 3. The topological polar surface area (TPSA) is 58.6 Å². The second-order valence-electron chi connectivity index (χ2n) is 5.21. The highest BCUT2D eigenvalue weighted by Crippen LogP contribution is 2.44. The Hall–Kier alpha value is -1.14. The van der Waals surface area contributed by atoms with Gasteiger partial charge in [0, 0.05) is 12.0 Å². The highest BCUT2D eigenvalue weighted by Gasteiger charge is 2.42. The molecule has 6 heteroatoms. The molecule has 20 heavy (non-hydrogen) atoms. The van der Waals surface area contributed by atoms with Crippen LogP contribution in [0.4, 0.5) is 4.39 Å². The minimum Gasteiger partial charge on any atom is -0.480 e. The summed E-state index contributed by atoms with van der Waals surface area (Å²) in [5.41, 5.74) is -0.133. The molecule has 0 bridgehead atoms. The highest BCUT2D eigenvalue weighted by molar-refractivity contribution is 9.10. The minimum absolute atomic E-state index is 0.0893. The molecule has 1 aromatic rings. The maximum Gasteiger partial charge on any atom is 0.260 e. The summed E-state index contributed by atoms with van der Waals surface area (Å²) in [7, 11) is 0. The zero-order chi connectivity index (χ0) is 14.8. The van der Waals surface area contributed by atoms with Crippen LogP contribution in [-0.2, 0) is 4.79 Å². The van der Waals surface area contributed by atoms with Crippen LogP contribution in [0.3, 0.4) is 0 Å². The molecule has 1 aliphatic rings. The van der Waals surface area contributed by atoms with Gasteiger partial charge in [-0.3, -0.25) is 4.79 Å². The maximum absolute atomic E-state index is 13.0. The van der Waals surface area contributed by atoms with Gasteiger partial charge in [0.15, 0.2) is 6.10 Å². The van der Waals surface area contributed by atoms with Crippen molar-refractivity contribution in [1.29, 1.82) is 0 Å². The molecule has 0 aliphatic heterocycles. The van der Waals surface area contributed by atoms with E-state index >= 15 is 0 Å². The van der Waals surface area contributed by atoms with Gasteiger partial charge in [-0.15, -0.1) is 0 Å². The zero-order valence-corrected chi connectivity index (χ0v) is 12.7. The average molecular weight is 346 g/mol. The predicted molar refractivity (Wildman–Crippen MR) is 76.0 cm³/mol. The Morgan fingerprint density at radius 2 is 2.30 bits per heavy atom. The molecular formula is C14H17BrFNO3. The summed E-state index contributed by atoms with van der Waals surface area (Å²) in [5.74, 6) is -0.210. The molecule has 0 saturated heterocycles. The quantitative estimate of drug-likeness (QED) is 0.831. The van der Waals surface area contributed by atoms with E-state index in [1.54, 1.807) is 6.92 Å². The van der Waals surface area contributed by atoms with Gasteiger partial charge in [0.2, 0.25) is 0 Å². The fraction of sp³-hybridized carbons (Fsp3) is 0.500. The van der Waals surface area contributed by atoms with Crippen molar-refractivity contribution in [1.82, 2.24) is 5.32 Å². The highest BCUT2D eigenvalue weighted by atomic mass is 79.9. The summed E-state index contributed by atoms with van der Waals surface area (Å²) in [4.78, 5) is 11.9. The van der Waals surface area contributed by atoms with Crippen LogP contribution in [-0.4, -0.2) is 30.3 Å². The van der Waals surface area contributed by atoms with Crippen LogP contribution in [0.25, 0.3) is 0 Å². The number of aliphatic hydroxyl groups excluding tert-OH is 1. The van der Waals surface area contributed by atoms with E-state index in [4.69, 9.17) is 4.74 Å². The lowest BCUT2D eigenvalue weighted by atomic mass is 10.1. The first-order valence-electron chi connectivity index (χ1n) is 6.46. The Bertz CT molecular complexity index is 505. The Balaban J connectivity index is 1.87. The van der Waals surface area contributed by atoms with E-state index in [0.29, 0.717) is 16.8 Å². The van der Waals surface area contributed by atoms with E-state index in [0.717, 1.165) is 12.8 Å². The normalized spacial score (nSPS) is 17.4. The third kappa shape index (κ3) is 3.70. The van der Waals surface area contributed by atoms with Gasteiger partial charge in [-0.05, 0) is 53.9 Å². The van der Waals surface area contributed by atoms with Gasteiger partial charge in [-0.25, -0.2) is 4.39 Å². The molecule has 1 amide bonds. The van der Waals surface area contributed by atoms with Crippen LogP contribution in [0, 0.1) is 11.2 Å². The molecule has 2 rings (SSSR count). The molecule has 1 atom stereocenters. The van der Waals surface area contributed by atoms with Crippen molar-refractivity contribution in [3.05, 3.63) is 28.5 Å². The molecule has 1 aromatic carbocycles. The molecule has 1 unspecified atom stereocenters. The fourth-order valence-corrected chi connectivity index (χ4v) is 2.24. The van der Waals surface area contributed by atoms with Crippen molar-refractivity contribution in [2.24, 2.45) is 5.41 Å². The van der Waals surface area contributed by atoms with Crippen LogP contribution >= 0.6 is 15.9 Å². The SMILES string of the molecule is CC(Oc1ccc(F)cc1Br)C(=O)NCC1(CO)CC1. The Kier molecular flexibility index (Phi) is 4.65. The molecule has 0 spiro atoms. The Morgan fingerprint density at radius 1 is 1.60 bits per heavy atom. The van der Waals surface area contributed by atoms with Crippen molar-refractivity contribution >= 4 is 21.8 Å². The van der Waals surface area contributed by atoms with Crippen LogP contribution in [0.2, 0.25) is 0 Å². The van der Waals surface area contributed by atoms with Crippen LogP contribution in [0.5, 0.6) is 5.75 Å². The summed E-state index contributed by atoms with van der Waals surface area (Å²) in [6, 6.07) is 4.03. The standard InChI is InChI=1S/C14H17BrFNO3/c1-9(13(19)17-7-14(8-18)4-5-14)20-12-3-2-10(16)6-11(12)15/h2-3,6,9,18H,4-5,7-8H2,1H3,(H,17,19). The number of carbonyl (C=O) groups excluding carboxylic acids is 1.